The molecule has 0 radical (unpaired) electrons. The maximum absolute atomic E-state index is 12.3. The number of unbranched alkanes of at least 4 members (excludes halogenated alkanes) is 5. The molecule has 1 aromatic rings. The molecule has 1 amide bonds. The third kappa shape index (κ3) is 9.27. The zero-order valence-electron chi connectivity index (χ0n) is 16.1. The molecule has 142 valence electrons. The van der Waals surface area contributed by atoms with Gasteiger partial charge in [0.25, 0.3) is 0 Å². The van der Waals surface area contributed by atoms with Gasteiger partial charge in [-0.1, -0.05) is 63.7 Å². The van der Waals surface area contributed by atoms with Crippen LogP contribution in [0.3, 0.4) is 0 Å². The van der Waals surface area contributed by atoms with Gasteiger partial charge in [0.1, 0.15) is 6.61 Å². The lowest BCUT2D eigenvalue weighted by atomic mass is 10.2. The van der Waals surface area contributed by atoms with Gasteiger partial charge in [0.05, 0.1) is 12.1 Å². The minimum absolute atomic E-state index is 0.00340. The summed E-state index contributed by atoms with van der Waals surface area (Å²) in [6.45, 7) is 4.69. The van der Waals surface area contributed by atoms with E-state index in [9.17, 15) is 9.59 Å². The molecular formula is C22H31NO3. The molecule has 4 heteroatoms. The number of esters is 1. The van der Waals surface area contributed by atoms with Crippen LogP contribution in [0.25, 0.3) is 0 Å². The third-order valence-corrected chi connectivity index (χ3v) is 3.97. The predicted molar refractivity (Wildman–Crippen MR) is 104 cm³/mol. The smallest absolute Gasteiger partial charge is 0.338 e. The van der Waals surface area contributed by atoms with E-state index in [0.717, 1.165) is 25.7 Å². The van der Waals surface area contributed by atoms with Gasteiger partial charge in [-0.05, 0) is 25.0 Å². The van der Waals surface area contributed by atoms with Crippen molar-refractivity contribution in [3.63, 3.8) is 0 Å². The molecule has 0 spiro atoms. The molecule has 1 rings (SSSR count). The van der Waals surface area contributed by atoms with E-state index < -0.39 is 0 Å². The summed E-state index contributed by atoms with van der Waals surface area (Å²) in [6, 6.07) is 11.8. The van der Waals surface area contributed by atoms with E-state index in [1.54, 1.807) is 24.3 Å². The van der Waals surface area contributed by atoms with Gasteiger partial charge in [-0.2, -0.15) is 0 Å². The van der Waals surface area contributed by atoms with E-state index in [4.69, 9.17) is 4.74 Å². The molecule has 0 unspecified atom stereocenters. The molecule has 0 heterocycles. The summed E-state index contributed by atoms with van der Waals surface area (Å²) in [5.41, 5.74) is 0.512. The highest BCUT2D eigenvalue weighted by molar-refractivity contribution is 5.89. The first-order valence-corrected chi connectivity index (χ1v) is 9.70. The van der Waals surface area contributed by atoms with Gasteiger partial charge in [0.15, 0.2) is 0 Å². The Labute approximate surface area is 157 Å². The average Bonchev–Trinajstić information content (AvgIpc) is 2.67. The summed E-state index contributed by atoms with van der Waals surface area (Å²) in [6.07, 6.45) is 7.72. The van der Waals surface area contributed by atoms with E-state index in [1.807, 2.05) is 6.07 Å². The molecule has 0 aromatic heterocycles. The maximum atomic E-state index is 12.3. The molecule has 0 N–H and O–H groups in total. The van der Waals surface area contributed by atoms with Crippen molar-refractivity contribution >= 4 is 11.9 Å². The standard InChI is InChI=1S/C22H31NO3/c1-3-5-7-8-9-13-17-23(21(24)16-6-4-2)18-19-26-22(25)20-14-11-10-12-15-20/h10-12,14-15H,3-9,16,18-19H2,1-2H3. The lowest BCUT2D eigenvalue weighted by Gasteiger charge is -2.15. The van der Waals surface area contributed by atoms with Crippen LogP contribution in [0.2, 0.25) is 0 Å². The van der Waals surface area contributed by atoms with Gasteiger partial charge in [0, 0.05) is 18.9 Å². The van der Waals surface area contributed by atoms with Crippen LogP contribution in [-0.4, -0.2) is 29.9 Å². The Bertz CT molecular complexity index is 586. The lowest BCUT2D eigenvalue weighted by Crippen LogP contribution is -2.30. The Morgan fingerprint density at radius 2 is 1.73 bits per heavy atom. The van der Waals surface area contributed by atoms with Crippen molar-refractivity contribution in [3.8, 4) is 12.0 Å². The fourth-order valence-electron chi connectivity index (χ4n) is 2.38. The molecule has 0 aliphatic rings. The highest BCUT2D eigenvalue weighted by atomic mass is 16.5. The number of hydrogen-bond donors (Lipinski definition) is 0. The molecule has 0 aliphatic heterocycles. The molecule has 0 aliphatic carbocycles. The SMILES string of the molecule is CCCCCCC#CN(CCOC(=O)c1ccccc1)C(=O)CCCC. The Kier molecular flexibility index (Phi) is 11.7. The summed E-state index contributed by atoms with van der Waals surface area (Å²) >= 11 is 0. The van der Waals surface area contributed by atoms with Crippen molar-refractivity contribution < 1.29 is 14.3 Å². The first-order chi connectivity index (χ1) is 12.7. The summed E-state index contributed by atoms with van der Waals surface area (Å²) in [4.78, 5) is 25.8. The lowest BCUT2D eigenvalue weighted by molar-refractivity contribution is -0.128. The van der Waals surface area contributed by atoms with E-state index in [-0.39, 0.29) is 18.5 Å². The molecule has 26 heavy (non-hydrogen) atoms. The van der Waals surface area contributed by atoms with Crippen molar-refractivity contribution in [1.82, 2.24) is 4.90 Å². The molecule has 4 nitrogen and oxygen atoms in total. The number of nitrogens with zero attached hydrogens (tertiary/aromatic N) is 1. The van der Waals surface area contributed by atoms with Crippen LogP contribution in [-0.2, 0) is 9.53 Å². The fraction of sp³-hybridized carbons (Fsp3) is 0.545. The summed E-state index contributed by atoms with van der Waals surface area (Å²) in [5.74, 6) is 2.71. The van der Waals surface area contributed by atoms with Crippen molar-refractivity contribution in [2.75, 3.05) is 13.2 Å². The van der Waals surface area contributed by atoms with Crippen molar-refractivity contribution in [3.05, 3.63) is 35.9 Å². The van der Waals surface area contributed by atoms with E-state index in [1.165, 1.54) is 24.2 Å². The van der Waals surface area contributed by atoms with Gasteiger partial charge in [-0.3, -0.25) is 9.69 Å². The highest BCUT2D eigenvalue weighted by Gasteiger charge is 2.12. The highest BCUT2D eigenvalue weighted by Crippen LogP contribution is 2.04. The molecule has 0 saturated carbocycles. The number of carbonyl (C=O) groups excluding carboxylic acids is 2. The van der Waals surface area contributed by atoms with Gasteiger partial charge in [-0.25, -0.2) is 4.79 Å². The Hall–Kier alpha value is -2.28. The van der Waals surface area contributed by atoms with E-state index >= 15 is 0 Å². The Morgan fingerprint density at radius 3 is 2.42 bits per heavy atom. The number of benzene rings is 1. The molecule has 0 saturated heterocycles. The van der Waals surface area contributed by atoms with E-state index in [0.29, 0.717) is 18.5 Å². The predicted octanol–water partition coefficient (Wildman–Crippen LogP) is 4.79. The second kappa shape index (κ2) is 13.9. The number of hydrogen-bond acceptors (Lipinski definition) is 3. The van der Waals surface area contributed by atoms with Crippen LogP contribution in [0.15, 0.2) is 30.3 Å². The van der Waals surface area contributed by atoms with Gasteiger partial charge in [-0.15, -0.1) is 0 Å². The zero-order chi connectivity index (χ0) is 19.0. The second-order valence-electron chi connectivity index (χ2n) is 6.25. The quantitative estimate of drug-likeness (QED) is 0.247. The summed E-state index contributed by atoms with van der Waals surface area (Å²) in [5, 5.41) is 0. The van der Waals surface area contributed by atoms with Crippen LogP contribution < -0.4 is 0 Å². The largest absolute Gasteiger partial charge is 0.460 e. The molecule has 0 bridgehead atoms. The van der Waals surface area contributed by atoms with E-state index in [2.05, 4.69) is 25.8 Å². The topological polar surface area (TPSA) is 46.6 Å². The average molecular weight is 357 g/mol. The summed E-state index contributed by atoms with van der Waals surface area (Å²) < 4.78 is 5.27. The fourth-order valence-corrected chi connectivity index (χ4v) is 2.38. The van der Waals surface area contributed by atoms with Crippen LogP contribution >= 0.6 is 0 Å². The number of carbonyl (C=O) groups is 2. The van der Waals surface area contributed by atoms with Gasteiger partial charge >= 0.3 is 5.97 Å². The Balaban J connectivity index is 2.49. The monoisotopic (exact) mass is 357 g/mol. The number of amides is 1. The minimum Gasteiger partial charge on any atom is -0.460 e. The molecule has 1 aromatic carbocycles. The first kappa shape index (κ1) is 21.8. The normalized spacial score (nSPS) is 9.92. The molecular weight excluding hydrogens is 326 g/mol. The number of rotatable bonds is 11. The van der Waals surface area contributed by atoms with Crippen LogP contribution in [0, 0.1) is 12.0 Å². The van der Waals surface area contributed by atoms with Crippen molar-refractivity contribution in [2.24, 2.45) is 0 Å². The van der Waals surface area contributed by atoms with Crippen molar-refractivity contribution in [2.45, 2.75) is 65.2 Å². The molecule has 0 fully saturated rings. The number of ether oxygens (including phenoxy) is 1. The zero-order valence-corrected chi connectivity index (χ0v) is 16.1. The first-order valence-electron chi connectivity index (χ1n) is 9.70. The van der Waals surface area contributed by atoms with Crippen LogP contribution in [0.4, 0.5) is 0 Å². The molecule has 0 atom stereocenters. The summed E-state index contributed by atoms with van der Waals surface area (Å²) in [7, 11) is 0. The third-order valence-electron chi connectivity index (χ3n) is 3.97. The Morgan fingerprint density at radius 1 is 1.00 bits per heavy atom. The van der Waals surface area contributed by atoms with Crippen LogP contribution in [0.5, 0.6) is 0 Å². The second-order valence-corrected chi connectivity index (χ2v) is 6.25. The van der Waals surface area contributed by atoms with Gasteiger partial charge in [0.2, 0.25) is 5.91 Å². The van der Waals surface area contributed by atoms with Crippen molar-refractivity contribution in [1.29, 1.82) is 0 Å². The van der Waals surface area contributed by atoms with Crippen LogP contribution in [0.1, 0.15) is 75.6 Å². The minimum atomic E-state index is -0.376. The maximum Gasteiger partial charge on any atom is 0.338 e. The van der Waals surface area contributed by atoms with Gasteiger partial charge < -0.3 is 4.74 Å².